The SMILES string of the molecule is CC(Oc1ccccc1)C(=O)Nc1c2c(nn1CC(=O)NCc1ccccc1)CSC2. The summed E-state index contributed by atoms with van der Waals surface area (Å²) >= 11 is 1.74. The number of anilines is 1. The van der Waals surface area contributed by atoms with Crippen LogP contribution in [0.3, 0.4) is 0 Å². The molecule has 0 fully saturated rings. The lowest BCUT2D eigenvalue weighted by atomic mass is 10.2. The lowest BCUT2D eigenvalue weighted by Crippen LogP contribution is -2.33. The van der Waals surface area contributed by atoms with Gasteiger partial charge in [0, 0.05) is 23.6 Å². The summed E-state index contributed by atoms with van der Waals surface area (Å²) in [6, 6.07) is 18.9. The predicted molar refractivity (Wildman–Crippen MR) is 121 cm³/mol. The lowest BCUT2D eigenvalue weighted by Gasteiger charge is -2.16. The molecule has 1 aliphatic rings. The topological polar surface area (TPSA) is 85.2 Å². The zero-order valence-corrected chi connectivity index (χ0v) is 18.0. The van der Waals surface area contributed by atoms with E-state index in [-0.39, 0.29) is 18.4 Å². The highest BCUT2D eigenvalue weighted by Crippen LogP contribution is 2.34. The van der Waals surface area contributed by atoms with Crippen molar-refractivity contribution in [3.8, 4) is 5.75 Å². The molecular formula is C23H24N4O3S. The molecular weight excluding hydrogens is 412 g/mol. The molecule has 1 aliphatic heterocycles. The van der Waals surface area contributed by atoms with E-state index in [9.17, 15) is 9.59 Å². The van der Waals surface area contributed by atoms with Gasteiger partial charge in [-0.25, -0.2) is 4.68 Å². The van der Waals surface area contributed by atoms with Gasteiger partial charge in [0.15, 0.2) is 6.10 Å². The molecule has 0 saturated carbocycles. The number of amides is 2. The molecule has 0 spiro atoms. The van der Waals surface area contributed by atoms with Gasteiger partial charge in [-0.15, -0.1) is 0 Å². The molecule has 1 aromatic heterocycles. The summed E-state index contributed by atoms with van der Waals surface area (Å²) < 4.78 is 7.31. The number of thioether (sulfide) groups is 1. The number of carbonyl (C=O) groups excluding carboxylic acids is 2. The van der Waals surface area contributed by atoms with Crippen LogP contribution in [0.15, 0.2) is 60.7 Å². The Morgan fingerprint density at radius 2 is 1.81 bits per heavy atom. The third-order valence-electron chi connectivity index (χ3n) is 4.91. The largest absolute Gasteiger partial charge is 0.481 e. The number of rotatable bonds is 8. The van der Waals surface area contributed by atoms with Crippen molar-refractivity contribution in [2.75, 3.05) is 5.32 Å². The predicted octanol–water partition coefficient (Wildman–Crippen LogP) is 3.35. The number of benzene rings is 2. The maximum Gasteiger partial charge on any atom is 0.266 e. The fourth-order valence-electron chi connectivity index (χ4n) is 3.28. The molecule has 0 saturated heterocycles. The van der Waals surface area contributed by atoms with Crippen LogP contribution in [0.2, 0.25) is 0 Å². The van der Waals surface area contributed by atoms with Gasteiger partial charge in [0.05, 0.1) is 5.69 Å². The maximum absolute atomic E-state index is 12.8. The fraction of sp³-hybridized carbons (Fsp3) is 0.261. The minimum atomic E-state index is -0.692. The Labute approximate surface area is 185 Å². The molecule has 2 N–H and O–H groups in total. The van der Waals surface area contributed by atoms with E-state index in [1.54, 1.807) is 35.5 Å². The third kappa shape index (κ3) is 5.27. The number of para-hydroxylation sites is 1. The van der Waals surface area contributed by atoms with Gasteiger partial charge in [-0.1, -0.05) is 48.5 Å². The van der Waals surface area contributed by atoms with E-state index in [1.165, 1.54) is 0 Å². The standard InChI is InChI=1S/C23H24N4O3S/c1-16(30-18-10-6-3-7-11-18)23(29)25-22-19-14-31-15-20(19)26-27(22)13-21(28)24-12-17-8-4-2-5-9-17/h2-11,16H,12-15H2,1H3,(H,24,28)(H,25,29). The van der Waals surface area contributed by atoms with Crippen LogP contribution < -0.4 is 15.4 Å². The van der Waals surface area contributed by atoms with Gasteiger partial charge in [-0.2, -0.15) is 16.9 Å². The second-order valence-electron chi connectivity index (χ2n) is 7.25. The van der Waals surface area contributed by atoms with Crippen molar-refractivity contribution in [2.24, 2.45) is 0 Å². The van der Waals surface area contributed by atoms with E-state index in [1.807, 2.05) is 48.5 Å². The molecule has 0 bridgehead atoms. The second kappa shape index (κ2) is 9.70. The molecule has 2 amide bonds. The normalized spacial score (nSPS) is 13.3. The van der Waals surface area contributed by atoms with Gasteiger partial charge in [-0.05, 0) is 24.6 Å². The van der Waals surface area contributed by atoms with E-state index >= 15 is 0 Å². The first-order chi connectivity index (χ1) is 15.1. The fourth-order valence-corrected chi connectivity index (χ4v) is 4.32. The number of ether oxygens (including phenoxy) is 1. The number of hydrogen-bond donors (Lipinski definition) is 2. The van der Waals surface area contributed by atoms with E-state index in [2.05, 4.69) is 15.7 Å². The highest BCUT2D eigenvalue weighted by atomic mass is 32.2. The number of aromatic nitrogens is 2. The van der Waals surface area contributed by atoms with E-state index in [4.69, 9.17) is 4.74 Å². The molecule has 160 valence electrons. The molecule has 0 aliphatic carbocycles. The van der Waals surface area contributed by atoms with Crippen molar-refractivity contribution >= 4 is 29.4 Å². The first-order valence-electron chi connectivity index (χ1n) is 10.1. The monoisotopic (exact) mass is 436 g/mol. The molecule has 3 aromatic rings. The van der Waals surface area contributed by atoms with Gasteiger partial charge >= 0.3 is 0 Å². The van der Waals surface area contributed by atoms with Gasteiger partial charge in [0.1, 0.15) is 18.1 Å². The van der Waals surface area contributed by atoms with Crippen molar-refractivity contribution < 1.29 is 14.3 Å². The van der Waals surface area contributed by atoms with Gasteiger partial charge in [0.25, 0.3) is 5.91 Å². The summed E-state index contributed by atoms with van der Waals surface area (Å²) in [6.07, 6.45) is -0.692. The van der Waals surface area contributed by atoms with Crippen LogP contribution in [0.5, 0.6) is 5.75 Å². The molecule has 8 heteroatoms. The molecule has 0 radical (unpaired) electrons. The second-order valence-corrected chi connectivity index (χ2v) is 8.23. The van der Waals surface area contributed by atoms with E-state index < -0.39 is 6.10 Å². The average Bonchev–Trinajstić information content (AvgIpc) is 3.36. The van der Waals surface area contributed by atoms with Crippen LogP contribution >= 0.6 is 11.8 Å². The molecule has 31 heavy (non-hydrogen) atoms. The number of carbonyl (C=O) groups is 2. The summed E-state index contributed by atoms with van der Waals surface area (Å²) in [6.45, 7) is 2.18. The Morgan fingerprint density at radius 3 is 2.55 bits per heavy atom. The molecule has 2 aromatic carbocycles. The highest BCUT2D eigenvalue weighted by Gasteiger charge is 2.26. The third-order valence-corrected chi connectivity index (χ3v) is 5.88. The van der Waals surface area contributed by atoms with Gasteiger partial charge in [-0.3, -0.25) is 9.59 Å². The van der Waals surface area contributed by atoms with Crippen molar-refractivity contribution in [1.29, 1.82) is 0 Å². The van der Waals surface area contributed by atoms with Crippen LogP contribution in [-0.2, 0) is 34.2 Å². The summed E-state index contributed by atoms with van der Waals surface area (Å²) in [5, 5.41) is 10.4. The summed E-state index contributed by atoms with van der Waals surface area (Å²) in [4.78, 5) is 25.3. The van der Waals surface area contributed by atoms with Gasteiger partial charge < -0.3 is 15.4 Å². The Hall–Kier alpha value is -3.26. The van der Waals surface area contributed by atoms with Crippen LogP contribution in [0, 0.1) is 0 Å². The number of nitrogens with zero attached hydrogens (tertiary/aromatic N) is 2. The van der Waals surface area contributed by atoms with Crippen LogP contribution in [0.4, 0.5) is 5.82 Å². The van der Waals surface area contributed by atoms with Crippen LogP contribution in [-0.4, -0.2) is 27.7 Å². The Bertz CT molecular complexity index is 1050. The molecule has 1 atom stereocenters. The zero-order valence-electron chi connectivity index (χ0n) is 17.2. The molecule has 7 nitrogen and oxygen atoms in total. The summed E-state index contributed by atoms with van der Waals surface area (Å²) in [7, 11) is 0. The highest BCUT2D eigenvalue weighted by molar-refractivity contribution is 7.98. The van der Waals surface area contributed by atoms with Crippen molar-refractivity contribution in [3.05, 3.63) is 77.5 Å². The molecule has 4 rings (SSSR count). The minimum absolute atomic E-state index is 0.0358. The Morgan fingerprint density at radius 1 is 1.10 bits per heavy atom. The van der Waals surface area contributed by atoms with Gasteiger partial charge in [0.2, 0.25) is 5.91 Å². The summed E-state index contributed by atoms with van der Waals surface area (Å²) in [5.41, 5.74) is 2.91. The molecule has 2 heterocycles. The van der Waals surface area contributed by atoms with Crippen molar-refractivity contribution in [2.45, 2.75) is 37.6 Å². The Balaban J connectivity index is 1.42. The first kappa shape index (κ1) is 21.0. The van der Waals surface area contributed by atoms with Crippen LogP contribution in [0.1, 0.15) is 23.7 Å². The molecule has 1 unspecified atom stereocenters. The van der Waals surface area contributed by atoms with Crippen LogP contribution in [0.25, 0.3) is 0 Å². The summed E-state index contributed by atoms with van der Waals surface area (Å²) in [5.74, 6) is 2.27. The maximum atomic E-state index is 12.8. The van der Waals surface area contributed by atoms with Crippen molar-refractivity contribution in [1.82, 2.24) is 15.1 Å². The van der Waals surface area contributed by atoms with E-state index in [0.29, 0.717) is 18.1 Å². The lowest BCUT2D eigenvalue weighted by molar-refractivity contribution is -0.123. The quantitative estimate of drug-likeness (QED) is 0.566. The van der Waals surface area contributed by atoms with E-state index in [0.717, 1.165) is 28.3 Å². The van der Waals surface area contributed by atoms with Crippen molar-refractivity contribution in [3.63, 3.8) is 0 Å². The Kier molecular flexibility index (Phi) is 6.57. The smallest absolute Gasteiger partial charge is 0.266 e. The minimum Gasteiger partial charge on any atom is -0.481 e. The average molecular weight is 437 g/mol. The number of nitrogens with one attached hydrogen (secondary N) is 2. The zero-order chi connectivity index (χ0) is 21.6. The number of hydrogen-bond acceptors (Lipinski definition) is 5. The first-order valence-corrected chi connectivity index (χ1v) is 11.2. The number of fused-ring (bicyclic) bond motifs is 1.